The van der Waals surface area contributed by atoms with E-state index in [2.05, 4.69) is 20.6 Å². The van der Waals surface area contributed by atoms with Gasteiger partial charge in [-0.25, -0.2) is 0 Å². The fourth-order valence-corrected chi connectivity index (χ4v) is 1.96. The number of aromatic nitrogens is 4. The van der Waals surface area contributed by atoms with E-state index in [9.17, 15) is 0 Å². The molecule has 0 saturated carbocycles. The summed E-state index contributed by atoms with van der Waals surface area (Å²) in [6, 6.07) is 0. The molecule has 2 rings (SSSR count). The van der Waals surface area contributed by atoms with Gasteiger partial charge in [0.2, 0.25) is 5.16 Å². The van der Waals surface area contributed by atoms with Crippen molar-refractivity contribution < 1.29 is 4.74 Å². The summed E-state index contributed by atoms with van der Waals surface area (Å²) in [5.41, 5.74) is 0. The first kappa shape index (κ1) is 8.00. The van der Waals surface area contributed by atoms with Crippen molar-refractivity contribution in [2.75, 3.05) is 12.4 Å². The van der Waals surface area contributed by atoms with E-state index in [-0.39, 0.29) is 0 Å². The van der Waals surface area contributed by atoms with E-state index in [0.717, 1.165) is 18.8 Å². The number of tetrazole rings is 1. The summed E-state index contributed by atoms with van der Waals surface area (Å²) in [6.07, 6.45) is 2.72. The van der Waals surface area contributed by atoms with Crippen LogP contribution in [0.3, 0.4) is 0 Å². The molecule has 1 aromatic rings. The minimum Gasteiger partial charge on any atom is -0.377 e. The van der Waals surface area contributed by atoms with Crippen LogP contribution in [0, 0.1) is 0 Å². The summed E-state index contributed by atoms with van der Waals surface area (Å²) in [6.45, 7) is 0.900. The van der Waals surface area contributed by atoms with Crippen LogP contribution in [0.2, 0.25) is 0 Å². The minimum absolute atomic E-state index is 0.383. The molecule has 2 heterocycles. The zero-order valence-electron chi connectivity index (χ0n) is 6.56. The molecule has 1 aromatic heterocycles. The summed E-state index contributed by atoms with van der Waals surface area (Å²) < 4.78 is 5.44. The molecule has 0 radical (unpaired) electrons. The van der Waals surface area contributed by atoms with Gasteiger partial charge in [-0.05, 0) is 18.1 Å². The highest BCUT2D eigenvalue weighted by molar-refractivity contribution is 7.99. The Morgan fingerprint density at radius 2 is 2.67 bits per heavy atom. The lowest BCUT2D eigenvalue weighted by Crippen LogP contribution is -2.07. The summed E-state index contributed by atoms with van der Waals surface area (Å²) in [5, 5.41) is 14.3. The quantitative estimate of drug-likeness (QED) is 0.695. The number of nitrogens with one attached hydrogen (secondary N) is 1. The number of rotatable bonds is 3. The van der Waals surface area contributed by atoms with E-state index in [1.807, 2.05) is 0 Å². The minimum atomic E-state index is 0.383. The SMILES string of the molecule is C1COC(CSc2nn[nH]n2)C1. The first-order valence-electron chi connectivity index (χ1n) is 3.93. The summed E-state index contributed by atoms with van der Waals surface area (Å²) in [4.78, 5) is 0. The topological polar surface area (TPSA) is 63.7 Å². The van der Waals surface area contributed by atoms with Gasteiger partial charge in [0.15, 0.2) is 0 Å². The Kier molecular flexibility index (Phi) is 2.57. The Bertz CT molecular complexity index is 221. The largest absolute Gasteiger partial charge is 0.377 e. The van der Waals surface area contributed by atoms with Crippen molar-refractivity contribution in [2.45, 2.75) is 24.1 Å². The lowest BCUT2D eigenvalue weighted by molar-refractivity contribution is 0.129. The molecule has 0 aromatic carbocycles. The first-order chi connectivity index (χ1) is 5.95. The van der Waals surface area contributed by atoms with Crippen molar-refractivity contribution >= 4 is 11.8 Å². The van der Waals surface area contributed by atoms with Crippen molar-refractivity contribution in [3.8, 4) is 0 Å². The zero-order chi connectivity index (χ0) is 8.23. The Morgan fingerprint density at radius 1 is 1.67 bits per heavy atom. The molecule has 0 aliphatic carbocycles. The van der Waals surface area contributed by atoms with Crippen molar-refractivity contribution in [3.63, 3.8) is 0 Å². The van der Waals surface area contributed by atoms with Gasteiger partial charge >= 0.3 is 0 Å². The molecular formula is C6H10N4OS. The average molecular weight is 186 g/mol. The van der Waals surface area contributed by atoms with Crippen LogP contribution in [0.15, 0.2) is 5.16 Å². The standard InChI is InChI=1S/C6H10N4OS/c1-2-5(11-3-1)4-12-6-7-9-10-8-6/h5H,1-4H2,(H,7,8,9,10). The third-order valence-corrected chi connectivity index (χ3v) is 2.72. The van der Waals surface area contributed by atoms with Gasteiger partial charge in [-0.15, -0.1) is 10.2 Å². The van der Waals surface area contributed by atoms with Crippen LogP contribution in [0.1, 0.15) is 12.8 Å². The zero-order valence-corrected chi connectivity index (χ0v) is 7.38. The maximum atomic E-state index is 5.44. The van der Waals surface area contributed by atoms with Gasteiger partial charge in [0.1, 0.15) is 0 Å². The van der Waals surface area contributed by atoms with Crippen LogP contribution >= 0.6 is 11.8 Å². The van der Waals surface area contributed by atoms with Crippen LogP contribution < -0.4 is 0 Å². The van der Waals surface area contributed by atoms with Crippen LogP contribution in [-0.2, 0) is 4.74 Å². The Labute approximate surface area is 74.3 Å². The maximum Gasteiger partial charge on any atom is 0.231 e. The van der Waals surface area contributed by atoms with Crippen LogP contribution in [0.4, 0.5) is 0 Å². The van der Waals surface area contributed by atoms with Gasteiger partial charge in [-0.2, -0.15) is 5.21 Å². The normalized spacial score (nSPS) is 23.2. The van der Waals surface area contributed by atoms with Crippen LogP contribution in [-0.4, -0.2) is 39.1 Å². The van der Waals surface area contributed by atoms with E-state index in [1.165, 1.54) is 6.42 Å². The molecule has 1 N–H and O–H groups in total. The Morgan fingerprint density at radius 3 is 3.33 bits per heavy atom. The fraction of sp³-hybridized carbons (Fsp3) is 0.833. The highest BCUT2D eigenvalue weighted by Crippen LogP contribution is 2.19. The predicted octanol–water partition coefficient (Wildman–Crippen LogP) is 0.471. The molecule has 6 heteroatoms. The third kappa shape index (κ3) is 1.95. The second kappa shape index (κ2) is 3.86. The average Bonchev–Trinajstić information content (AvgIpc) is 2.74. The molecule has 1 fully saturated rings. The smallest absolute Gasteiger partial charge is 0.231 e. The van der Waals surface area contributed by atoms with Crippen molar-refractivity contribution in [1.82, 2.24) is 20.6 Å². The molecule has 1 aliphatic rings. The van der Waals surface area contributed by atoms with Gasteiger partial charge in [0.25, 0.3) is 0 Å². The van der Waals surface area contributed by atoms with Crippen molar-refractivity contribution in [2.24, 2.45) is 0 Å². The summed E-state index contributed by atoms with van der Waals surface area (Å²) in [5.74, 6) is 0.930. The predicted molar refractivity (Wildman–Crippen MR) is 43.9 cm³/mol. The molecule has 1 atom stereocenters. The molecule has 12 heavy (non-hydrogen) atoms. The number of H-pyrrole nitrogens is 1. The van der Waals surface area contributed by atoms with Crippen molar-refractivity contribution in [3.05, 3.63) is 0 Å². The lowest BCUT2D eigenvalue weighted by Gasteiger charge is -2.05. The van der Waals surface area contributed by atoms with E-state index < -0.39 is 0 Å². The molecule has 5 nitrogen and oxygen atoms in total. The first-order valence-corrected chi connectivity index (χ1v) is 4.91. The number of hydrogen-bond donors (Lipinski definition) is 1. The van der Waals surface area contributed by atoms with Gasteiger partial charge < -0.3 is 4.74 Å². The number of hydrogen-bond acceptors (Lipinski definition) is 5. The van der Waals surface area contributed by atoms with Gasteiger partial charge in [0.05, 0.1) is 6.10 Å². The van der Waals surface area contributed by atoms with Gasteiger partial charge in [0, 0.05) is 12.4 Å². The number of aromatic amines is 1. The fourth-order valence-electron chi connectivity index (χ4n) is 1.16. The number of thioether (sulfide) groups is 1. The molecule has 66 valence electrons. The second-order valence-corrected chi connectivity index (χ2v) is 3.63. The lowest BCUT2D eigenvalue weighted by atomic mass is 10.3. The molecule has 0 amide bonds. The van der Waals surface area contributed by atoms with Gasteiger partial charge in [-0.1, -0.05) is 11.8 Å². The number of ether oxygens (including phenoxy) is 1. The summed E-state index contributed by atoms with van der Waals surface area (Å²) >= 11 is 1.58. The van der Waals surface area contributed by atoms with E-state index in [0.29, 0.717) is 11.3 Å². The highest BCUT2D eigenvalue weighted by Gasteiger charge is 2.16. The second-order valence-electron chi connectivity index (χ2n) is 2.64. The maximum absolute atomic E-state index is 5.44. The van der Waals surface area contributed by atoms with Crippen LogP contribution in [0.5, 0.6) is 0 Å². The van der Waals surface area contributed by atoms with Gasteiger partial charge in [-0.3, -0.25) is 0 Å². The molecule has 1 unspecified atom stereocenters. The summed E-state index contributed by atoms with van der Waals surface area (Å²) in [7, 11) is 0. The molecule has 0 spiro atoms. The van der Waals surface area contributed by atoms with E-state index >= 15 is 0 Å². The molecule has 1 saturated heterocycles. The Hall–Kier alpha value is -0.620. The number of nitrogens with zero attached hydrogens (tertiary/aromatic N) is 3. The third-order valence-electron chi connectivity index (χ3n) is 1.75. The molecule has 1 aliphatic heterocycles. The van der Waals surface area contributed by atoms with E-state index in [1.54, 1.807) is 11.8 Å². The molecular weight excluding hydrogens is 176 g/mol. The van der Waals surface area contributed by atoms with Crippen LogP contribution in [0.25, 0.3) is 0 Å². The highest BCUT2D eigenvalue weighted by atomic mass is 32.2. The Balaban J connectivity index is 1.74. The molecule has 0 bridgehead atoms. The van der Waals surface area contributed by atoms with Crippen molar-refractivity contribution in [1.29, 1.82) is 0 Å². The van der Waals surface area contributed by atoms with E-state index in [4.69, 9.17) is 4.74 Å². The monoisotopic (exact) mass is 186 g/mol.